The molecule has 0 bridgehead atoms. The number of aromatic nitrogens is 1. The van der Waals surface area contributed by atoms with Crippen LogP contribution in [0.1, 0.15) is 24.3 Å². The van der Waals surface area contributed by atoms with E-state index in [0.29, 0.717) is 0 Å². The highest BCUT2D eigenvalue weighted by atomic mass is 14.9. The lowest BCUT2D eigenvalue weighted by atomic mass is 9.91. The Bertz CT molecular complexity index is 227. The van der Waals surface area contributed by atoms with Gasteiger partial charge in [-0.15, -0.1) is 0 Å². The van der Waals surface area contributed by atoms with E-state index in [-0.39, 0.29) is 0 Å². The van der Waals surface area contributed by atoms with Crippen LogP contribution in [0.4, 0.5) is 0 Å². The molecule has 0 radical (unpaired) electrons. The maximum absolute atomic E-state index is 4.03. The second-order valence-electron chi connectivity index (χ2n) is 3.42. The molecule has 2 heterocycles. The van der Waals surface area contributed by atoms with Gasteiger partial charge in [-0.25, -0.2) is 0 Å². The Morgan fingerprint density at radius 2 is 1.83 bits per heavy atom. The fraction of sp³-hybridized carbons (Fsp3) is 0.500. The lowest BCUT2D eigenvalue weighted by molar-refractivity contribution is -0.663. The first kappa shape index (κ1) is 7.74. The molecule has 0 amide bonds. The summed E-state index contributed by atoms with van der Waals surface area (Å²) in [4.78, 5) is 4.03. The van der Waals surface area contributed by atoms with E-state index in [1.54, 1.807) is 0 Å². The molecule has 2 rings (SSSR count). The van der Waals surface area contributed by atoms with E-state index < -0.39 is 0 Å². The van der Waals surface area contributed by atoms with E-state index in [1.807, 2.05) is 12.4 Å². The predicted molar refractivity (Wildman–Crippen MR) is 47.9 cm³/mol. The first-order valence-electron chi connectivity index (χ1n) is 4.68. The molecule has 1 aromatic rings. The van der Waals surface area contributed by atoms with Gasteiger partial charge in [0.15, 0.2) is 0 Å². The van der Waals surface area contributed by atoms with Gasteiger partial charge in [-0.05, 0) is 23.6 Å². The van der Waals surface area contributed by atoms with Crippen molar-refractivity contribution in [2.45, 2.75) is 18.8 Å². The molecule has 1 aliphatic rings. The van der Waals surface area contributed by atoms with Crippen LogP contribution < -0.4 is 5.32 Å². The van der Waals surface area contributed by atoms with Crippen LogP contribution >= 0.6 is 0 Å². The summed E-state index contributed by atoms with van der Waals surface area (Å²) in [5.41, 5.74) is 1.47. The Morgan fingerprint density at radius 3 is 2.50 bits per heavy atom. The normalized spacial score (nSPS) is 19.3. The fourth-order valence-corrected chi connectivity index (χ4v) is 1.90. The number of rotatable bonds is 1. The molecule has 1 saturated heterocycles. The molecule has 1 aliphatic heterocycles. The van der Waals surface area contributed by atoms with Gasteiger partial charge in [0.1, 0.15) is 0 Å². The van der Waals surface area contributed by atoms with E-state index in [0.717, 1.165) is 5.92 Å². The van der Waals surface area contributed by atoms with Crippen molar-refractivity contribution in [2.24, 2.45) is 0 Å². The van der Waals surface area contributed by atoms with Crippen LogP contribution in [-0.2, 0) is 0 Å². The zero-order valence-corrected chi connectivity index (χ0v) is 7.24. The molecule has 2 N–H and O–H groups in total. The smallest absolute Gasteiger partial charge is 0.0761 e. The van der Waals surface area contributed by atoms with Gasteiger partial charge in [0.05, 0.1) is 13.1 Å². The third kappa shape index (κ3) is 1.64. The van der Waals surface area contributed by atoms with Gasteiger partial charge in [0.25, 0.3) is 0 Å². The lowest BCUT2D eigenvalue weighted by Gasteiger charge is -2.20. The Labute approximate surface area is 73.0 Å². The van der Waals surface area contributed by atoms with Crippen molar-refractivity contribution in [2.75, 3.05) is 13.1 Å². The van der Waals surface area contributed by atoms with Gasteiger partial charge >= 0.3 is 0 Å². The minimum atomic E-state index is 0.790. The van der Waals surface area contributed by atoms with Crippen molar-refractivity contribution < 1.29 is 5.32 Å². The average Bonchev–Trinajstić information content (AvgIpc) is 2.21. The van der Waals surface area contributed by atoms with Crippen molar-refractivity contribution in [1.29, 1.82) is 0 Å². The number of nitrogens with two attached hydrogens (primary N) is 1. The number of pyridine rings is 1. The van der Waals surface area contributed by atoms with Crippen molar-refractivity contribution in [3.8, 4) is 0 Å². The van der Waals surface area contributed by atoms with E-state index in [2.05, 4.69) is 22.4 Å². The van der Waals surface area contributed by atoms with Gasteiger partial charge in [0.2, 0.25) is 0 Å². The van der Waals surface area contributed by atoms with Crippen molar-refractivity contribution in [3.63, 3.8) is 0 Å². The summed E-state index contributed by atoms with van der Waals surface area (Å²) >= 11 is 0. The molecule has 0 saturated carbocycles. The molecular formula is C10H15N2+. The second-order valence-corrected chi connectivity index (χ2v) is 3.42. The van der Waals surface area contributed by atoms with Crippen molar-refractivity contribution in [1.82, 2.24) is 4.98 Å². The first-order valence-corrected chi connectivity index (χ1v) is 4.68. The highest BCUT2D eigenvalue weighted by Crippen LogP contribution is 2.22. The van der Waals surface area contributed by atoms with Crippen molar-refractivity contribution >= 4 is 0 Å². The van der Waals surface area contributed by atoms with Gasteiger partial charge in [-0.2, -0.15) is 0 Å². The van der Waals surface area contributed by atoms with Gasteiger partial charge < -0.3 is 5.32 Å². The summed E-state index contributed by atoms with van der Waals surface area (Å²) in [7, 11) is 0. The molecule has 0 aromatic carbocycles. The highest BCUT2D eigenvalue weighted by molar-refractivity contribution is 5.15. The second kappa shape index (κ2) is 3.68. The average molecular weight is 163 g/mol. The van der Waals surface area contributed by atoms with Crippen LogP contribution in [0.5, 0.6) is 0 Å². The standard InChI is InChI=1S/C10H14N2/c1-5-11-6-2-9(1)10-3-7-12-8-4-10/h1-2,5-6,10,12H,3-4,7-8H2/p+1. The third-order valence-electron chi connectivity index (χ3n) is 2.62. The maximum atomic E-state index is 4.03. The maximum Gasteiger partial charge on any atom is 0.0761 e. The molecule has 1 fully saturated rings. The summed E-state index contributed by atoms with van der Waals surface area (Å²) in [5, 5.41) is 2.40. The van der Waals surface area contributed by atoms with Crippen LogP contribution in [-0.4, -0.2) is 18.1 Å². The summed E-state index contributed by atoms with van der Waals surface area (Å²) in [6.07, 6.45) is 6.44. The zero-order chi connectivity index (χ0) is 8.23. The third-order valence-corrected chi connectivity index (χ3v) is 2.62. The van der Waals surface area contributed by atoms with Gasteiger partial charge in [-0.3, -0.25) is 4.98 Å². The quantitative estimate of drug-likeness (QED) is 0.642. The SMILES string of the molecule is c1cc(C2CC[NH2+]CC2)ccn1. The highest BCUT2D eigenvalue weighted by Gasteiger charge is 2.16. The van der Waals surface area contributed by atoms with Crippen LogP contribution in [0.25, 0.3) is 0 Å². The Morgan fingerprint density at radius 1 is 1.17 bits per heavy atom. The molecule has 2 heteroatoms. The molecule has 1 aromatic heterocycles. The van der Waals surface area contributed by atoms with Crippen molar-refractivity contribution in [3.05, 3.63) is 30.1 Å². The Kier molecular flexibility index (Phi) is 2.37. The number of piperidine rings is 1. The van der Waals surface area contributed by atoms with E-state index in [9.17, 15) is 0 Å². The summed E-state index contributed by atoms with van der Waals surface area (Å²) < 4.78 is 0. The molecule has 0 aliphatic carbocycles. The van der Waals surface area contributed by atoms with Gasteiger partial charge in [0, 0.05) is 25.2 Å². The zero-order valence-electron chi connectivity index (χ0n) is 7.24. The van der Waals surface area contributed by atoms with E-state index >= 15 is 0 Å². The number of hydrogen-bond acceptors (Lipinski definition) is 1. The summed E-state index contributed by atoms with van der Waals surface area (Å²) in [5.74, 6) is 0.790. The molecule has 12 heavy (non-hydrogen) atoms. The van der Waals surface area contributed by atoms with Gasteiger partial charge in [-0.1, -0.05) is 0 Å². The number of hydrogen-bond donors (Lipinski definition) is 1. The largest absolute Gasteiger partial charge is 0.346 e. The minimum Gasteiger partial charge on any atom is -0.346 e. The van der Waals surface area contributed by atoms with Crippen LogP contribution in [0.2, 0.25) is 0 Å². The van der Waals surface area contributed by atoms with E-state index in [1.165, 1.54) is 31.5 Å². The summed E-state index contributed by atoms with van der Waals surface area (Å²) in [6, 6.07) is 4.30. The number of quaternary nitrogens is 1. The Balaban J connectivity index is 2.08. The van der Waals surface area contributed by atoms with Crippen LogP contribution in [0.3, 0.4) is 0 Å². The molecule has 64 valence electrons. The molecule has 0 unspecified atom stereocenters. The molecule has 0 spiro atoms. The van der Waals surface area contributed by atoms with Crippen LogP contribution in [0.15, 0.2) is 24.5 Å². The minimum absolute atomic E-state index is 0.790. The summed E-state index contributed by atoms with van der Waals surface area (Å²) in [6.45, 7) is 2.57. The van der Waals surface area contributed by atoms with E-state index in [4.69, 9.17) is 0 Å². The molecule has 2 nitrogen and oxygen atoms in total. The lowest BCUT2D eigenvalue weighted by Crippen LogP contribution is -2.86. The van der Waals surface area contributed by atoms with Crippen LogP contribution in [0, 0.1) is 0 Å². The first-order chi connectivity index (χ1) is 5.97. The fourth-order valence-electron chi connectivity index (χ4n) is 1.90. The topological polar surface area (TPSA) is 29.5 Å². The Hall–Kier alpha value is -0.890. The molecular weight excluding hydrogens is 148 g/mol. The number of nitrogens with zero attached hydrogens (tertiary/aromatic N) is 1. The predicted octanol–water partition coefficient (Wildman–Crippen LogP) is 0.522. The molecule has 0 atom stereocenters. The monoisotopic (exact) mass is 163 g/mol.